The fraction of sp³-hybridized carbons (Fsp3) is 0.714. The van der Waals surface area contributed by atoms with E-state index in [1.165, 1.54) is 12.3 Å². The van der Waals surface area contributed by atoms with Gasteiger partial charge in [-0.3, -0.25) is 13.7 Å². The number of phosphoric ester groups is 2. The summed E-state index contributed by atoms with van der Waals surface area (Å²) in [5, 5.41) is 20.2. The second kappa shape index (κ2) is 11.5. The van der Waals surface area contributed by atoms with Gasteiger partial charge in [0.25, 0.3) is 7.82 Å². The summed E-state index contributed by atoms with van der Waals surface area (Å²) in [7, 11) is -5.01. The van der Waals surface area contributed by atoms with Crippen LogP contribution in [0.15, 0.2) is 17.1 Å². The van der Waals surface area contributed by atoms with E-state index >= 15 is 0 Å². The molecule has 0 radical (unpaired) electrons. The number of quaternary nitrogens is 1. The zero-order chi connectivity index (χ0) is 23.6. The molecule has 0 bridgehead atoms. The molecule has 0 saturated carbocycles. The fourth-order valence-corrected chi connectivity index (χ4v) is 4.51. The number of nitrogen functional groups attached to an aromatic ring is 1. The number of likely N-dealkylation sites (N-methyl/N-ethyl adjacent to an activating group) is 1. The average Bonchev–Trinajstić information content (AvgIpc) is 2.86. The molecule has 2 rings (SSSR count). The average molecular weight is 511 g/mol. The summed E-state index contributed by atoms with van der Waals surface area (Å²) < 4.78 is 43.4. The molecule has 0 aliphatic carbocycles. The molecule has 2 heterocycles. The van der Waals surface area contributed by atoms with Gasteiger partial charge in [0.2, 0.25) is 0 Å². The van der Waals surface area contributed by atoms with Crippen molar-refractivity contribution in [1.82, 2.24) is 9.55 Å². The van der Waals surface area contributed by atoms with Crippen LogP contribution in [-0.2, 0) is 27.2 Å². The maximum Gasteiger partial charge on any atom is 1.00 e. The maximum atomic E-state index is 12.0. The van der Waals surface area contributed by atoms with Gasteiger partial charge >= 0.3 is 43.1 Å². The first kappa shape index (κ1) is 29.8. The number of hydrogen-bond acceptors (Lipinski definition) is 12. The summed E-state index contributed by atoms with van der Waals surface area (Å²) >= 11 is 0. The van der Waals surface area contributed by atoms with Gasteiger partial charge < -0.3 is 39.5 Å². The first-order valence-electron chi connectivity index (χ1n) is 8.91. The van der Waals surface area contributed by atoms with Gasteiger partial charge in [0.05, 0.1) is 27.7 Å². The molecule has 1 saturated heterocycles. The number of aromatic nitrogens is 2. The number of anilines is 1. The quantitative estimate of drug-likeness (QED) is 0.131. The zero-order valence-electron chi connectivity index (χ0n) is 18.0. The summed E-state index contributed by atoms with van der Waals surface area (Å²) in [6.45, 7) is -0.877. The molecule has 32 heavy (non-hydrogen) atoms. The Kier molecular flexibility index (Phi) is 10.7. The molecule has 0 amide bonds. The molecule has 18 heteroatoms. The normalized spacial score (nSPS) is 27.3. The summed E-state index contributed by atoms with van der Waals surface area (Å²) in [6.07, 6.45) is -4.89. The molecule has 15 nitrogen and oxygen atoms in total. The second-order valence-corrected chi connectivity index (χ2v) is 10.7. The topological polar surface area (TPSA) is 216 Å². The van der Waals surface area contributed by atoms with Crippen molar-refractivity contribution in [1.29, 1.82) is 0 Å². The Labute approximate surface area is 205 Å². The maximum absolute atomic E-state index is 12.0. The summed E-state index contributed by atoms with van der Waals surface area (Å²) in [4.78, 5) is 36.7. The van der Waals surface area contributed by atoms with Crippen LogP contribution in [0.5, 0.6) is 0 Å². The van der Waals surface area contributed by atoms with Crippen LogP contribution in [0.4, 0.5) is 5.82 Å². The van der Waals surface area contributed by atoms with E-state index in [0.717, 1.165) is 4.57 Å². The predicted octanol–water partition coefficient (Wildman–Crippen LogP) is -5.23. The van der Waals surface area contributed by atoms with Gasteiger partial charge in [-0.15, -0.1) is 0 Å². The third-order valence-corrected chi connectivity index (χ3v) is 6.68. The van der Waals surface area contributed by atoms with E-state index in [-0.39, 0.29) is 48.5 Å². The SMILES string of the molecule is C[N+](C)(C)CCOP(=O)([O-])OP(=O)(O)OC[C@H]1O[C@@H](n2ccc(N)nc2=O)[C@H](O)[C@@H]1O.[Na+]. The molecule has 0 spiro atoms. The smallest absolute Gasteiger partial charge is 0.756 e. The number of phosphoric acid groups is 2. The van der Waals surface area contributed by atoms with Crippen molar-refractivity contribution in [3.63, 3.8) is 0 Å². The van der Waals surface area contributed by atoms with Gasteiger partial charge in [-0.05, 0) is 6.07 Å². The van der Waals surface area contributed by atoms with E-state index in [0.29, 0.717) is 4.48 Å². The van der Waals surface area contributed by atoms with E-state index in [4.69, 9.17) is 10.5 Å². The van der Waals surface area contributed by atoms with Crippen LogP contribution >= 0.6 is 15.6 Å². The number of aliphatic hydroxyl groups is 2. The molecule has 1 aromatic heterocycles. The van der Waals surface area contributed by atoms with Gasteiger partial charge in [-0.1, -0.05) is 0 Å². The molecule has 6 atom stereocenters. The number of nitrogens with two attached hydrogens (primary N) is 1. The number of aliphatic hydroxyl groups excluding tert-OH is 2. The Morgan fingerprint density at radius 1 is 1.28 bits per heavy atom. The van der Waals surface area contributed by atoms with Crippen molar-refractivity contribution in [2.75, 3.05) is 46.6 Å². The van der Waals surface area contributed by atoms with Crippen molar-refractivity contribution >= 4 is 21.5 Å². The number of ether oxygens (including phenoxy) is 1. The Bertz CT molecular complexity index is 927. The van der Waals surface area contributed by atoms with E-state index < -0.39 is 52.5 Å². The van der Waals surface area contributed by atoms with Crippen LogP contribution in [0.3, 0.4) is 0 Å². The molecule has 1 aliphatic heterocycles. The molecule has 2 unspecified atom stereocenters. The molecule has 0 aromatic carbocycles. The van der Waals surface area contributed by atoms with Gasteiger partial charge in [-0.2, -0.15) is 4.98 Å². The molecular weight excluding hydrogens is 485 g/mol. The first-order chi connectivity index (χ1) is 14.1. The van der Waals surface area contributed by atoms with Crippen molar-refractivity contribution < 1.29 is 81.3 Å². The van der Waals surface area contributed by atoms with E-state index in [9.17, 15) is 33.9 Å². The van der Waals surface area contributed by atoms with Gasteiger partial charge in [0, 0.05) is 6.20 Å². The van der Waals surface area contributed by atoms with Crippen LogP contribution in [0.1, 0.15) is 6.23 Å². The molecule has 1 fully saturated rings. The Hall–Kier alpha value is -0.220. The third kappa shape index (κ3) is 8.85. The summed E-state index contributed by atoms with van der Waals surface area (Å²) in [6, 6.07) is 1.26. The third-order valence-electron chi connectivity index (χ3n) is 4.08. The van der Waals surface area contributed by atoms with Crippen molar-refractivity contribution in [3.05, 3.63) is 22.7 Å². The van der Waals surface area contributed by atoms with Crippen LogP contribution in [0, 0.1) is 0 Å². The molecule has 1 aromatic rings. The number of hydrogen-bond donors (Lipinski definition) is 4. The number of nitrogens with zero attached hydrogens (tertiary/aromatic N) is 3. The summed E-state index contributed by atoms with van der Waals surface area (Å²) in [5.74, 6) is -0.0711. The standard InChI is InChI=1S/C14H26N4O11P2.Na/c1-18(2,3)6-7-26-30(22,23)29-31(24,25)27-8-9-11(19)12(20)13(28-9)17-5-4-10(15)16-14(17)21;/h4-5,9,11-13,19-20H,6-8H2,1-3H3,(H3-,15,16,21,22,23,24,25);/q;+1/t9-,11-,12-,13-;/m1./s1. The monoisotopic (exact) mass is 511 g/mol. The molecule has 5 N–H and O–H groups in total. The Morgan fingerprint density at radius 3 is 2.47 bits per heavy atom. The molecule has 1 aliphatic rings. The first-order valence-corrected chi connectivity index (χ1v) is 11.9. The molecule has 178 valence electrons. The van der Waals surface area contributed by atoms with Crippen LogP contribution in [0.25, 0.3) is 0 Å². The van der Waals surface area contributed by atoms with Crippen LogP contribution in [0.2, 0.25) is 0 Å². The van der Waals surface area contributed by atoms with Gasteiger partial charge in [0.15, 0.2) is 6.23 Å². The van der Waals surface area contributed by atoms with Gasteiger partial charge in [-0.25, -0.2) is 13.7 Å². The molecular formula is C14H26N4NaO11P2+. The van der Waals surface area contributed by atoms with E-state index in [1.54, 1.807) is 21.1 Å². The fourth-order valence-electron chi connectivity index (χ4n) is 2.48. The van der Waals surface area contributed by atoms with Gasteiger partial charge in [0.1, 0.15) is 37.3 Å². The van der Waals surface area contributed by atoms with Crippen molar-refractivity contribution in [3.8, 4) is 0 Å². The minimum Gasteiger partial charge on any atom is -0.756 e. The Balaban J connectivity index is 0.00000512. The zero-order valence-corrected chi connectivity index (χ0v) is 21.8. The van der Waals surface area contributed by atoms with E-state index in [1.807, 2.05) is 0 Å². The number of rotatable bonds is 10. The van der Waals surface area contributed by atoms with Crippen LogP contribution in [-0.4, -0.2) is 88.4 Å². The van der Waals surface area contributed by atoms with Crippen LogP contribution < -0.4 is 45.9 Å². The largest absolute Gasteiger partial charge is 1.00 e. The predicted molar refractivity (Wildman–Crippen MR) is 102 cm³/mol. The second-order valence-electron chi connectivity index (χ2n) is 7.73. The minimum absolute atomic E-state index is 0. The van der Waals surface area contributed by atoms with Crippen molar-refractivity contribution in [2.24, 2.45) is 0 Å². The van der Waals surface area contributed by atoms with Crippen molar-refractivity contribution in [2.45, 2.75) is 24.5 Å². The minimum atomic E-state index is -5.18. The summed E-state index contributed by atoms with van der Waals surface area (Å²) in [5.41, 5.74) is 4.52. The van der Waals surface area contributed by atoms with E-state index in [2.05, 4.69) is 18.3 Å². The Morgan fingerprint density at radius 2 is 1.91 bits per heavy atom.